The van der Waals surface area contributed by atoms with Crippen molar-refractivity contribution in [2.45, 2.75) is 64.0 Å². The smallest absolute Gasteiger partial charge is 0.270 e. The number of nitrogens with one attached hydrogen (secondary N) is 3. The van der Waals surface area contributed by atoms with Crippen LogP contribution in [0, 0.1) is 12.7 Å². The summed E-state index contributed by atoms with van der Waals surface area (Å²) in [5.74, 6) is -0.791. The summed E-state index contributed by atoms with van der Waals surface area (Å²) in [4.78, 5) is 34.3. The number of aliphatic hydroxyl groups excluding tert-OH is 1. The summed E-state index contributed by atoms with van der Waals surface area (Å²) in [6.45, 7) is 3.78. The van der Waals surface area contributed by atoms with E-state index in [1.165, 1.54) is 5.56 Å². The first kappa shape index (κ1) is 33.7. The molecular formula is C37H42FN5O4. The molecule has 1 aliphatic rings. The molecule has 0 radical (unpaired) electrons. The van der Waals surface area contributed by atoms with Crippen LogP contribution in [-0.2, 0) is 6.42 Å². The molecule has 10 heteroatoms. The zero-order valence-electron chi connectivity index (χ0n) is 26.7. The molecule has 4 aromatic rings. The number of aryl methyl sites for hydroxylation is 2. The van der Waals surface area contributed by atoms with E-state index in [1.807, 2.05) is 37.3 Å². The highest BCUT2D eigenvalue weighted by molar-refractivity contribution is 5.96. The summed E-state index contributed by atoms with van der Waals surface area (Å²) in [5, 5.41) is 18.3. The average Bonchev–Trinajstić information content (AvgIpc) is 3.08. The molecule has 246 valence electrons. The van der Waals surface area contributed by atoms with Gasteiger partial charge in [0.05, 0.1) is 6.20 Å². The number of nitrogens with zero attached hydrogens (tertiary/aromatic N) is 2. The van der Waals surface area contributed by atoms with Gasteiger partial charge in [-0.15, -0.1) is 0 Å². The quantitative estimate of drug-likeness (QED) is 0.129. The Kier molecular flexibility index (Phi) is 12.0. The fourth-order valence-corrected chi connectivity index (χ4v) is 5.71. The fourth-order valence-electron chi connectivity index (χ4n) is 5.71. The zero-order valence-corrected chi connectivity index (χ0v) is 26.7. The van der Waals surface area contributed by atoms with Crippen molar-refractivity contribution in [1.82, 2.24) is 25.9 Å². The first-order chi connectivity index (χ1) is 22.9. The highest BCUT2D eigenvalue weighted by Crippen LogP contribution is 2.29. The molecule has 0 saturated heterocycles. The third-order valence-corrected chi connectivity index (χ3v) is 8.25. The Morgan fingerprint density at radius 2 is 1.57 bits per heavy atom. The number of hydrogen-bond donors (Lipinski definition) is 4. The van der Waals surface area contributed by atoms with Crippen molar-refractivity contribution < 1.29 is 23.8 Å². The lowest BCUT2D eigenvalue weighted by Gasteiger charge is -2.29. The molecule has 9 nitrogen and oxygen atoms in total. The van der Waals surface area contributed by atoms with Crippen molar-refractivity contribution in [3.05, 3.63) is 107 Å². The SMILES string of the molecule is Cc1cccc(C(=O)N[C@H]2CC[C@@H](NC(=O)c3cc(F)cnc3Oc3cccc(-c4ccc(CCCNCCCO)cc4)c3)CC2)n1. The normalized spacial score (nSPS) is 16.0. The van der Waals surface area contributed by atoms with Crippen LogP contribution < -0.4 is 20.7 Å². The van der Waals surface area contributed by atoms with E-state index in [2.05, 4.69) is 50.2 Å². The van der Waals surface area contributed by atoms with Gasteiger partial charge in [0.2, 0.25) is 5.88 Å². The van der Waals surface area contributed by atoms with E-state index < -0.39 is 11.7 Å². The number of halogens is 1. The third-order valence-electron chi connectivity index (χ3n) is 8.25. The molecule has 0 bridgehead atoms. The number of carbonyl (C=O) groups excluding carboxylic acids is 2. The van der Waals surface area contributed by atoms with Crippen LogP contribution in [0.4, 0.5) is 4.39 Å². The van der Waals surface area contributed by atoms with Crippen LogP contribution in [0.5, 0.6) is 11.6 Å². The summed E-state index contributed by atoms with van der Waals surface area (Å²) < 4.78 is 20.3. The molecule has 2 heterocycles. The number of pyridine rings is 2. The maximum absolute atomic E-state index is 14.3. The van der Waals surface area contributed by atoms with Crippen LogP contribution in [0.3, 0.4) is 0 Å². The van der Waals surface area contributed by atoms with Crippen molar-refractivity contribution in [2.24, 2.45) is 0 Å². The van der Waals surface area contributed by atoms with Gasteiger partial charge in [0.25, 0.3) is 11.8 Å². The van der Waals surface area contributed by atoms with Gasteiger partial charge in [-0.1, -0.05) is 42.5 Å². The number of carbonyl (C=O) groups is 2. The van der Waals surface area contributed by atoms with E-state index in [0.29, 0.717) is 37.1 Å². The molecule has 0 atom stereocenters. The minimum Gasteiger partial charge on any atom is -0.438 e. The molecule has 0 spiro atoms. The van der Waals surface area contributed by atoms with Crippen LogP contribution in [0.1, 0.15) is 70.6 Å². The monoisotopic (exact) mass is 639 g/mol. The fraction of sp³-hybridized carbons (Fsp3) is 0.351. The minimum atomic E-state index is -0.631. The number of amides is 2. The minimum absolute atomic E-state index is 0.0127. The number of benzene rings is 2. The summed E-state index contributed by atoms with van der Waals surface area (Å²) in [7, 11) is 0. The highest BCUT2D eigenvalue weighted by atomic mass is 19.1. The molecule has 2 aromatic heterocycles. The van der Waals surface area contributed by atoms with E-state index >= 15 is 0 Å². The van der Waals surface area contributed by atoms with E-state index in [-0.39, 0.29) is 36.0 Å². The lowest BCUT2D eigenvalue weighted by atomic mass is 9.91. The molecule has 4 N–H and O–H groups in total. The van der Waals surface area contributed by atoms with Crippen LogP contribution >= 0.6 is 0 Å². The van der Waals surface area contributed by atoms with Gasteiger partial charge in [-0.2, -0.15) is 0 Å². The Labute approximate surface area is 275 Å². The maximum atomic E-state index is 14.3. The van der Waals surface area contributed by atoms with E-state index in [9.17, 15) is 14.0 Å². The third kappa shape index (κ3) is 9.91. The van der Waals surface area contributed by atoms with E-state index in [4.69, 9.17) is 9.84 Å². The number of aliphatic hydroxyl groups is 1. The molecule has 1 aliphatic carbocycles. The zero-order chi connectivity index (χ0) is 33.0. The average molecular weight is 640 g/mol. The molecular weight excluding hydrogens is 597 g/mol. The number of ether oxygens (including phenoxy) is 1. The highest BCUT2D eigenvalue weighted by Gasteiger charge is 2.26. The second-order valence-corrected chi connectivity index (χ2v) is 11.9. The van der Waals surface area contributed by atoms with E-state index in [1.54, 1.807) is 12.1 Å². The first-order valence-corrected chi connectivity index (χ1v) is 16.3. The summed E-state index contributed by atoms with van der Waals surface area (Å²) >= 11 is 0. The van der Waals surface area contributed by atoms with Crippen molar-refractivity contribution in [3.8, 4) is 22.8 Å². The van der Waals surface area contributed by atoms with Gasteiger partial charge in [0.15, 0.2) is 0 Å². The topological polar surface area (TPSA) is 125 Å². The van der Waals surface area contributed by atoms with Crippen molar-refractivity contribution in [3.63, 3.8) is 0 Å². The Bertz CT molecular complexity index is 1640. The predicted molar refractivity (Wildman–Crippen MR) is 179 cm³/mol. The number of hydrogen-bond acceptors (Lipinski definition) is 7. The van der Waals surface area contributed by atoms with E-state index in [0.717, 1.165) is 61.4 Å². The molecule has 1 fully saturated rings. The van der Waals surface area contributed by atoms with Gasteiger partial charge in [-0.25, -0.2) is 14.4 Å². The second kappa shape index (κ2) is 16.8. The molecule has 0 unspecified atom stereocenters. The molecule has 1 saturated carbocycles. The van der Waals surface area contributed by atoms with Gasteiger partial charge in [-0.05, 0) is 112 Å². The lowest BCUT2D eigenvalue weighted by Crippen LogP contribution is -2.44. The summed E-state index contributed by atoms with van der Waals surface area (Å²) in [5.41, 5.74) is 4.40. The van der Waals surface area contributed by atoms with Crippen LogP contribution in [0.2, 0.25) is 0 Å². The molecule has 5 rings (SSSR count). The van der Waals surface area contributed by atoms with Gasteiger partial charge in [0.1, 0.15) is 22.8 Å². The van der Waals surface area contributed by atoms with Crippen LogP contribution in [-0.4, -0.2) is 58.7 Å². The van der Waals surface area contributed by atoms with Gasteiger partial charge in [-0.3, -0.25) is 9.59 Å². The van der Waals surface area contributed by atoms with Crippen molar-refractivity contribution in [1.29, 1.82) is 0 Å². The Hall–Kier alpha value is -4.67. The first-order valence-electron chi connectivity index (χ1n) is 16.3. The molecule has 0 aliphatic heterocycles. The van der Waals surface area contributed by atoms with Crippen molar-refractivity contribution in [2.75, 3.05) is 19.7 Å². The second-order valence-electron chi connectivity index (χ2n) is 11.9. The number of rotatable bonds is 14. The lowest BCUT2D eigenvalue weighted by molar-refractivity contribution is 0.0887. The van der Waals surface area contributed by atoms with Crippen LogP contribution in [0.25, 0.3) is 11.1 Å². The Balaban J connectivity index is 1.16. The van der Waals surface area contributed by atoms with Gasteiger partial charge in [0, 0.05) is 24.4 Å². The maximum Gasteiger partial charge on any atom is 0.270 e. The summed E-state index contributed by atoms with van der Waals surface area (Å²) in [6, 6.07) is 22.2. The molecule has 2 amide bonds. The van der Waals surface area contributed by atoms with Gasteiger partial charge >= 0.3 is 0 Å². The van der Waals surface area contributed by atoms with Crippen LogP contribution in [0.15, 0.2) is 79.0 Å². The standard InChI is InChI=1S/C37H42FN5O4/c1-25-6-2-10-34(41-25)36(46)43-31-17-15-30(16-18-31)42-35(45)33-23-29(38)24-40-37(33)47-32-9-3-8-28(22-32)27-13-11-26(12-14-27)7-4-19-39-20-5-21-44/h2-3,6,8-14,22-24,30-31,39,44H,4-5,7,15-21H2,1H3,(H,42,45)(H,43,46)/t30-,31+. The predicted octanol–water partition coefficient (Wildman–Crippen LogP) is 5.76. The molecule has 47 heavy (non-hydrogen) atoms. The molecule has 2 aromatic carbocycles. The number of aromatic nitrogens is 2. The van der Waals surface area contributed by atoms with Crippen molar-refractivity contribution >= 4 is 11.8 Å². The Morgan fingerprint density at radius 3 is 2.30 bits per heavy atom. The van der Waals surface area contributed by atoms with Gasteiger partial charge < -0.3 is 25.8 Å². The Morgan fingerprint density at radius 1 is 0.872 bits per heavy atom. The summed E-state index contributed by atoms with van der Waals surface area (Å²) in [6.07, 6.45) is 6.50. The largest absolute Gasteiger partial charge is 0.438 e.